The number of amides is 4. The van der Waals surface area contributed by atoms with Crippen molar-refractivity contribution in [2.24, 2.45) is 5.92 Å². The number of hydrogen-bond donors (Lipinski definition) is 3. The van der Waals surface area contributed by atoms with E-state index in [1.54, 1.807) is 20.8 Å². The zero-order valence-corrected chi connectivity index (χ0v) is 23.3. The van der Waals surface area contributed by atoms with Gasteiger partial charge in [0.15, 0.2) is 0 Å². The largest absolute Gasteiger partial charge is 0.444 e. The van der Waals surface area contributed by atoms with Crippen LogP contribution in [0.15, 0.2) is 12.2 Å². The van der Waals surface area contributed by atoms with Gasteiger partial charge in [0.2, 0.25) is 21.8 Å². The maximum Gasteiger partial charge on any atom is 0.408 e. The molecule has 38 heavy (non-hydrogen) atoms. The molecule has 4 rings (SSSR count). The van der Waals surface area contributed by atoms with Crippen molar-refractivity contribution in [3.63, 3.8) is 0 Å². The van der Waals surface area contributed by atoms with E-state index in [0.29, 0.717) is 51.5 Å². The van der Waals surface area contributed by atoms with Crippen LogP contribution >= 0.6 is 0 Å². The van der Waals surface area contributed by atoms with Gasteiger partial charge in [-0.2, -0.15) is 0 Å². The van der Waals surface area contributed by atoms with Crippen LogP contribution in [0.2, 0.25) is 0 Å². The molecule has 0 aromatic carbocycles. The van der Waals surface area contributed by atoms with Gasteiger partial charge in [0.1, 0.15) is 23.2 Å². The first-order valence-electron chi connectivity index (χ1n) is 13.7. The summed E-state index contributed by atoms with van der Waals surface area (Å²) in [7, 11) is -3.78. The van der Waals surface area contributed by atoms with Crippen LogP contribution in [-0.2, 0) is 29.1 Å². The van der Waals surface area contributed by atoms with Crippen molar-refractivity contribution in [2.45, 2.75) is 113 Å². The zero-order chi connectivity index (χ0) is 27.7. The highest BCUT2D eigenvalue weighted by atomic mass is 32.2. The molecule has 0 aromatic rings. The van der Waals surface area contributed by atoms with Crippen molar-refractivity contribution in [1.29, 1.82) is 0 Å². The summed E-state index contributed by atoms with van der Waals surface area (Å²) < 4.78 is 32.5. The van der Waals surface area contributed by atoms with E-state index in [4.69, 9.17) is 4.74 Å². The first-order chi connectivity index (χ1) is 17.8. The first kappa shape index (κ1) is 28.4. The highest BCUT2D eigenvalue weighted by molar-refractivity contribution is 7.91. The average Bonchev–Trinajstić information content (AvgIpc) is 3.72. The van der Waals surface area contributed by atoms with Gasteiger partial charge in [0, 0.05) is 12.5 Å². The molecule has 2 heterocycles. The van der Waals surface area contributed by atoms with Gasteiger partial charge in [0.05, 0.1) is 5.25 Å². The molecule has 3 fully saturated rings. The molecule has 4 amide bonds. The van der Waals surface area contributed by atoms with Crippen LogP contribution in [0.3, 0.4) is 0 Å². The Bertz CT molecular complexity index is 1100. The van der Waals surface area contributed by atoms with Gasteiger partial charge in [0.25, 0.3) is 5.91 Å². The minimum absolute atomic E-state index is 0.296. The van der Waals surface area contributed by atoms with Crippen LogP contribution in [-0.4, -0.2) is 72.2 Å². The predicted octanol–water partition coefficient (Wildman–Crippen LogP) is 1.87. The lowest BCUT2D eigenvalue weighted by molar-refractivity contribution is -0.141. The number of fused-ring (bicyclic) bond motifs is 2. The van der Waals surface area contributed by atoms with Crippen molar-refractivity contribution in [3.8, 4) is 0 Å². The Morgan fingerprint density at radius 2 is 1.82 bits per heavy atom. The average molecular weight is 553 g/mol. The number of carbonyl (C=O) groups is 4. The third-order valence-electron chi connectivity index (χ3n) is 7.52. The van der Waals surface area contributed by atoms with Crippen molar-refractivity contribution in [2.75, 3.05) is 6.54 Å². The van der Waals surface area contributed by atoms with Crippen molar-refractivity contribution in [1.82, 2.24) is 20.3 Å². The quantitative estimate of drug-likeness (QED) is 0.451. The number of rotatable bonds is 4. The van der Waals surface area contributed by atoms with E-state index in [2.05, 4.69) is 15.4 Å². The van der Waals surface area contributed by atoms with E-state index in [9.17, 15) is 27.6 Å². The summed E-state index contributed by atoms with van der Waals surface area (Å²) in [5.74, 6) is -1.89. The number of nitrogens with one attached hydrogen (secondary N) is 3. The highest BCUT2D eigenvalue weighted by Gasteiger charge is 2.61. The molecule has 0 radical (unpaired) electrons. The SMILES string of the molecule is CC(C)(C)OC(=O)N[C@H]1CCCCC/C=C\[C@@H]2C[C@@]2(C(=O)NS(=O)(=O)C2CC2)NC(=O)[C@@H]2CCCN2C1=O. The topological polar surface area (TPSA) is 151 Å². The molecule has 1 saturated heterocycles. The third kappa shape index (κ3) is 6.68. The molecule has 4 aliphatic rings. The molecule has 12 heteroatoms. The molecule has 0 aromatic heterocycles. The van der Waals surface area contributed by atoms with Gasteiger partial charge in [-0.1, -0.05) is 25.0 Å². The molecule has 3 N–H and O–H groups in total. The molecule has 2 aliphatic heterocycles. The maximum atomic E-state index is 13.6. The molecule has 0 spiro atoms. The minimum Gasteiger partial charge on any atom is -0.444 e. The summed E-state index contributed by atoms with van der Waals surface area (Å²) in [6, 6.07) is -1.65. The van der Waals surface area contributed by atoms with Crippen LogP contribution in [0, 0.1) is 5.92 Å². The lowest BCUT2D eigenvalue weighted by atomic mass is 10.0. The van der Waals surface area contributed by atoms with Gasteiger partial charge in [-0.05, 0) is 72.1 Å². The molecule has 2 saturated carbocycles. The number of hydrogen-bond acceptors (Lipinski definition) is 7. The summed E-state index contributed by atoms with van der Waals surface area (Å²) in [6.07, 6.45) is 9.05. The Balaban J connectivity index is 1.54. The predicted molar refractivity (Wildman–Crippen MR) is 139 cm³/mol. The normalized spacial score (nSPS) is 31.6. The van der Waals surface area contributed by atoms with E-state index in [1.807, 2.05) is 12.2 Å². The number of nitrogens with zero attached hydrogens (tertiary/aromatic N) is 1. The Kier molecular flexibility index (Phi) is 8.11. The van der Waals surface area contributed by atoms with Gasteiger partial charge >= 0.3 is 6.09 Å². The smallest absolute Gasteiger partial charge is 0.408 e. The van der Waals surface area contributed by atoms with Gasteiger partial charge < -0.3 is 20.3 Å². The maximum absolute atomic E-state index is 13.6. The fraction of sp³-hybridized carbons (Fsp3) is 0.769. The van der Waals surface area contributed by atoms with Crippen molar-refractivity contribution >= 4 is 33.8 Å². The van der Waals surface area contributed by atoms with Crippen LogP contribution in [0.1, 0.15) is 85.0 Å². The summed E-state index contributed by atoms with van der Waals surface area (Å²) in [5, 5.41) is 4.96. The van der Waals surface area contributed by atoms with E-state index < -0.39 is 56.4 Å². The Labute approximate surface area is 224 Å². The Morgan fingerprint density at radius 1 is 1.08 bits per heavy atom. The number of ether oxygens (including phenoxy) is 1. The van der Waals surface area contributed by atoms with E-state index in [1.165, 1.54) is 4.90 Å². The molecule has 0 bridgehead atoms. The lowest BCUT2D eigenvalue weighted by Gasteiger charge is -2.30. The molecular weight excluding hydrogens is 512 g/mol. The standard InChI is InChI=1S/C26H40N4O7S/c1-25(2,3)37-24(34)27-19-11-8-6-4-5-7-10-17-16-26(17,23(33)29-38(35,36)18-13-14-18)28-21(31)20-12-9-15-30(20)22(19)32/h7,10,17-20H,4-6,8-9,11-16H2,1-3H3,(H,27,34)(H,28,31)(H,29,33)/b10-7-/t17-,19+,20+,26-/m1/s1. The fourth-order valence-corrected chi connectivity index (χ4v) is 6.59. The van der Waals surface area contributed by atoms with E-state index in [0.717, 1.165) is 19.3 Å². The van der Waals surface area contributed by atoms with Gasteiger partial charge in [-0.25, -0.2) is 13.2 Å². The number of allylic oxidation sites excluding steroid dienone is 1. The van der Waals surface area contributed by atoms with Crippen molar-refractivity contribution in [3.05, 3.63) is 12.2 Å². The summed E-state index contributed by atoms with van der Waals surface area (Å²) in [4.78, 5) is 54.3. The van der Waals surface area contributed by atoms with Gasteiger partial charge in [-0.3, -0.25) is 19.1 Å². The highest BCUT2D eigenvalue weighted by Crippen LogP contribution is 2.46. The van der Waals surface area contributed by atoms with Crippen LogP contribution in [0.5, 0.6) is 0 Å². The molecule has 0 unspecified atom stereocenters. The third-order valence-corrected chi connectivity index (χ3v) is 9.34. The Hall–Kier alpha value is -2.63. The monoisotopic (exact) mass is 552 g/mol. The molecular formula is C26H40N4O7S. The Morgan fingerprint density at radius 3 is 2.50 bits per heavy atom. The first-order valence-corrected chi connectivity index (χ1v) is 15.2. The second-order valence-electron chi connectivity index (χ2n) is 11.9. The summed E-state index contributed by atoms with van der Waals surface area (Å²) >= 11 is 0. The molecule has 4 atom stereocenters. The lowest BCUT2D eigenvalue weighted by Crippen LogP contribution is -2.58. The second-order valence-corrected chi connectivity index (χ2v) is 13.9. The minimum atomic E-state index is -3.78. The fourth-order valence-electron chi connectivity index (χ4n) is 5.23. The van der Waals surface area contributed by atoms with Gasteiger partial charge in [-0.15, -0.1) is 0 Å². The number of alkyl carbamates (subject to hydrolysis) is 1. The van der Waals surface area contributed by atoms with E-state index >= 15 is 0 Å². The second kappa shape index (κ2) is 10.9. The summed E-state index contributed by atoms with van der Waals surface area (Å²) in [5.41, 5.74) is -2.08. The summed E-state index contributed by atoms with van der Waals surface area (Å²) in [6.45, 7) is 5.58. The number of carbonyl (C=O) groups excluding carboxylic acids is 4. The zero-order valence-electron chi connectivity index (χ0n) is 22.5. The van der Waals surface area contributed by atoms with Crippen LogP contribution in [0.4, 0.5) is 4.79 Å². The molecule has 212 valence electrons. The number of sulfonamides is 1. The van der Waals surface area contributed by atoms with Crippen LogP contribution < -0.4 is 15.4 Å². The van der Waals surface area contributed by atoms with Crippen molar-refractivity contribution < 1.29 is 32.3 Å². The molecule has 2 aliphatic carbocycles. The van der Waals surface area contributed by atoms with E-state index in [-0.39, 0.29) is 11.8 Å². The molecule has 11 nitrogen and oxygen atoms in total. The van der Waals surface area contributed by atoms with Crippen LogP contribution in [0.25, 0.3) is 0 Å².